The third kappa shape index (κ3) is 30.5. The number of hydrogen-bond donors (Lipinski definition) is 0. The summed E-state index contributed by atoms with van der Waals surface area (Å²) in [6, 6.07) is 0. The molecule has 0 rings (SSSR count). The van der Waals surface area contributed by atoms with Gasteiger partial charge in [0.2, 0.25) is 0 Å². The quantitative estimate of drug-likeness (QED) is 0.0825. The van der Waals surface area contributed by atoms with Crippen LogP contribution in [0.25, 0.3) is 0 Å². The second kappa shape index (κ2) is 25.2. The van der Waals surface area contributed by atoms with Crippen LogP contribution in [0.4, 0.5) is 0 Å². The molecule has 0 aromatic rings. The predicted octanol–water partition coefficient (Wildman–Crippen LogP) is 11.8. The van der Waals surface area contributed by atoms with E-state index in [1.807, 2.05) is 0 Å². The monoisotopic (exact) mass is 497 g/mol. The van der Waals surface area contributed by atoms with Gasteiger partial charge in [0.15, 0.2) is 0 Å². The molecule has 0 fully saturated rings. The van der Waals surface area contributed by atoms with Crippen molar-refractivity contribution in [1.82, 2.24) is 0 Å². The standard InChI is InChI=1S/C30H63Ge/c1-5-6-7-8-9-10-11-12-13-14-15-16-17-18-19-20-21-22-23-24-25-26-27-28-29-30-31(2,3)4/h30H,5-29H2,1-4H3. The fourth-order valence-electron chi connectivity index (χ4n) is 4.64. The van der Waals surface area contributed by atoms with Crippen LogP contribution in [0.5, 0.6) is 0 Å². The summed E-state index contributed by atoms with van der Waals surface area (Å²) in [5, 5.41) is 2.68. The van der Waals surface area contributed by atoms with Crippen molar-refractivity contribution in [3.63, 3.8) is 0 Å². The normalized spacial score (nSPS) is 12.0. The molecule has 0 spiro atoms. The molecule has 0 aliphatic rings. The molecule has 0 atom stereocenters. The van der Waals surface area contributed by atoms with E-state index in [0.29, 0.717) is 0 Å². The van der Waals surface area contributed by atoms with E-state index in [9.17, 15) is 0 Å². The molecule has 0 aliphatic carbocycles. The Morgan fingerprint density at radius 2 is 0.581 bits per heavy atom. The third-order valence-electron chi connectivity index (χ3n) is 6.81. The molecule has 0 N–H and O–H groups in total. The zero-order valence-corrected chi connectivity index (χ0v) is 24.9. The Morgan fingerprint density at radius 3 is 0.806 bits per heavy atom. The Bertz CT molecular complexity index is 317. The Hall–Kier alpha value is 0.543. The Kier molecular flexibility index (Phi) is 25.6. The first-order valence-electron chi connectivity index (χ1n) is 14.9. The Labute approximate surface area is 202 Å². The van der Waals surface area contributed by atoms with E-state index < -0.39 is 13.3 Å². The van der Waals surface area contributed by atoms with Crippen LogP contribution in [-0.2, 0) is 0 Å². The predicted molar refractivity (Wildman–Crippen MR) is 149 cm³/mol. The molecule has 0 heterocycles. The van der Waals surface area contributed by atoms with Crippen molar-refractivity contribution in [2.75, 3.05) is 0 Å². The molecule has 0 aromatic carbocycles. The van der Waals surface area contributed by atoms with Gasteiger partial charge in [-0.15, -0.1) is 0 Å². The van der Waals surface area contributed by atoms with Crippen LogP contribution in [0.1, 0.15) is 167 Å². The molecule has 187 valence electrons. The van der Waals surface area contributed by atoms with Crippen molar-refractivity contribution in [3.05, 3.63) is 5.25 Å². The van der Waals surface area contributed by atoms with Crippen LogP contribution in [0, 0.1) is 5.25 Å². The van der Waals surface area contributed by atoms with E-state index in [4.69, 9.17) is 0 Å². The molecule has 0 nitrogen and oxygen atoms in total. The number of unbranched alkanes of at least 4 members (excludes halogenated alkanes) is 24. The number of rotatable bonds is 26. The van der Waals surface area contributed by atoms with Gasteiger partial charge in [-0.2, -0.15) is 0 Å². The minimum atomic E-state index is -1.36. The van der Waals surface area contributed by atoms with Crippen LogP contribution in [0.15, 0.2) is 0 Å². The van der Waals surface area contributed by atoms with E-state index in [-0.39, 0.29) is 0 Å². The summed E-state index contributed by atoms with van der Waals surface area (Å²) < 4.78 is 0. The molecule has 0 bridgehead atoms. The van der Waals surface area contributed by atoms with Gasteiger partial charge in [-0.3, -0.25) is 0 Å². The van der Waals surface area contributed by atoms with Crippen molar-refractivity contribution in [1.29, 1.82) is 0 Å². The molecular weight excluding hydrogens is 433 g/mol. The van der Waals surface area contributed by atoms with Crippen LogP contribution in [0.2, 0.25) is 17.3 Å². The van der Waals surface area contributed by atoms with E-state index in [1.54, 1.807) is 0 Å². The molecule has 0 aromatic heterocycles. The van der Waals surface area contributed by atoms with E-state index in [2.05, 4.69) is 29.4 Å². The SMILES string of the molecule is CCCCCCCCCCCCCCCCCCCCCCCCCC[CH][Ge]([CH3])([CH3])[CH3]. The zero-order chi connectivity index (χ0) is 22.9. The molecule has 1 heteroatoms. The summed E-state index contributed by atoms with van der Waals surface area (Å²) in [6.45, 7) is 2.31. The maximum atomic E-state index is 2.68. The molecule has 0 unspecified atom stereocenters. The summed E-state index contributed by atoms with van der Waals surface area (Å²) in [5.74, 6) is 7.50. The van der Waals surface area contributed by atoms with Gasteiger partial charge in [-0.05, 0) is 0 Å². The molecular formula is C30H63Ge. The van der Waals surface area contributed by atoms with Gasteiger partial charge in [-0.25, -0.2) is 0 Å². The van der Waals surface area contributed by atoms with Crippen LogP contribution < -0.4 is 0 Å². The summed E-state index contributed by atoms with van der Waals surface area (Å²) in [7, 11) is 0. The Balaban J connectivity index is 3.02. The van der Waals surface area contributed by atoms with Gasteiger partial charge in [0.25, 0.3) is 0 Å². The summed E-state index contributed by atoms with van der Waals surface area (Å²) in [6.07, 6.45) is 36.9. The molecule has 0 aliphatic heterocycles. The van der Waals surface area contributed by atoms with Gasteiger partial charge >= 0.3 is 106 Å². The van der Waals surface area contributed by atoms with Crippen molar-refractivity contribution < 1.29 is 0 Å². The first-order chi connectivity index (χ1) is 15.1. The minimum absolute atomic E-state index is 1.36. The average Bonchev–Trinajstić information content (AvgIpc) is 2.73. The van der Waals surface area contributed by atoms with Crippen LogP contribution in [0.3, 0.4) is 0 Å². The molecule has 31 heavy (non-hydrogen) atoms. The van der Waals surface area contributed by atoms with Crippen LogP contribution in [-0.4, -0.2) is 13.3 Å². The molecule has 1 radical (unpaired) electrons. The van der Waals surface area contributed by atoms with Gasteiger partial charge in [-0.1, -0.05) is 96.8 Å². The average molecular weight is 496 g/mol. The van der Waals surface area contributed by atoms with Gasteiger partial charge in [0, 0.05) is 0 Å². The van der Waals surface area contributed by atoms with E-state index >= 15 is 0 Å². The number of hydrogen-bond acceptors (Lipinski definition) is 0. The maximum absolute atomic E-state index is 2.68. The molecule has 0 saturated heterocycles. The molecule has 0 amide bonds. The van der Waals surface area contributed by atoms with Gasteiger partial charge < -0.3 is 0 Å². The van der Waals surface area contributed by atoms with E-state index in [1.165, 1.54) is 161 Å². The topological polar surface area (TPSA) is 0 Å². The van der Waals surface area contributed by atoms with Gasteiger partial charge in [0.1, 0.15) is 0 Å². The first-order valence-corrected chi connectivity index (χ1v) is 22.4. The second-order valence-corrected chi connectivity index (χ2v) is 22.3. The Morgan fingerprint density at radius 1 is 0.355 bits per heavy atom. The van der Waals surface area contributed by atoms with Crippen molar-refractivity contribution in [3.8, 4) is 0 Å². The van der Waals surface area contributed by atoms with E-state index in [0.717, 1.165) is 0 Å². The fraction of sp³-hybridized carbons (Fsp3) is 0.967. The third-order valence-corrected chi connectivity index (χ3v) is 9.99. The molecule has 0 saturated carbocycles. The van der Waals surface area contributed by atoms with Crippen molar-refractivity contribution >= 4 is 13.3 Å². The summed E-state index contributed by atoms with van der Waals surface area (Å²) >= 11 is -1.36. The van der Waals surface area contributed by atoms with Crippen molar-refractivity contribution in [2.45, 2.75) is 185 Å². The fourth-order valence-corrected chi connectivity index (χ4v) is 6.89. The summed E-state index contributed by atoms with van der Waals surface area (Å²) in [5.41, 5.74) is 0. The van der Waals surface area contributed by atoms with Gasteiger partial charge in [0.05, 0.1) is 0 Å². The zero-order valence-electron chi connectivity index (χ0n) is 22.8. The second-order valence-electron chi connectivity index (χ2n) is 11.5. The van der Waals surface area contributed by atoms with Crippen LogP contribution >= 0.6 is 0 Å². The first kappa shape index (κ1) is 31.5. The van der Waals surface area contributed by atoms with Crippen molar-refractivity contribution in [2.24, 2.45) is 0 Å². The summed E-state index contributed by atoms with van der Waals surface area (Å²) in [4.78, 5) is 0.